The Kier molecular flexibility index (Phi) is 3.64. The SMILES string of the molecule is CCCn1nc(-c2ccc(F)c(C)c2)cc1C(=O)O. The van der Waals surface area contributed by atoms with E-state index in [1.165, 1.54) is 16.8 Å². The molecule has 2 aromatic rings. The second kappa shape index (κ2) is 5.22. The number of rotatable bonds is 4. The molecular weight excluding hydrogens is 247 g/mol. The van der Waals surface area contributed by atoms with E-state index in [2.05, 4.69) is 5.10 Å². The Hall–Kier alpha value is -2.17. The van der Waals surface area contributed by atoms with Crippen molar-refractivity contribution in [1.29, 1.82) is 0 Å². The molecule has 5 heteroatoms. The zero-order valence-electron chi connectivity index (χ0n) is 10.9. The van der Waals surface area contributed by atoms with Gasteiger partial charge in [-0.15, -0.1) is 0 Å². The summed E-state index contributed by atoms with van der Waals surface area (Å²) in [7, 11) is 0. The van der Waals surface area contributed by atoms with Crippen molar-refractivity contribution < 1.29 is 14.3 Å². The number of nitrogens with zero attached hydrogens (tertiary/aromatic N) is 2. The number of carbonyl (C=O) groups is 1. The number of aromatic nitrogens is 2. The van der Waals surface area contributed by atoms with Crippen molar-refractivity contribution in [1.82, 2.24) is 9.78 Å². The highest BCUT2D eigenvalue weighted by Gasteiger charge is 2.15. The summed E-state index contributed by atoms with van der Waals surface area (Å²) < 4.78 is 14.7. The van der Waals surface area contributed by atoms with Crippen molar-refractivity contribution in [2.75, 3.05) is 0 Å². The predicted octanol–water partition coefficient (Wildman–Crippen LogP) is 3.11. The Morgan fingerprint density at radius 2 is 2.16 bits per heavy atom. The van der Waals surface area contributed by atoms with E-state index in [0.29, 0.717) is 17.8 Å². The van der Waals surface area contributed by atoms with E-state index in [1.807, 2.05) is 6.92 Å². The first-order chi connectivity index (χ1) is 9.02. The highest BCUT2D eigenvalue weighted by atomic mass is 19.1. The van der Waals surface area contributed by atoms with Gasteiger partial charge in [-0.3, -0.25) is 4.68 Å². The van der Waals surface area contributed by atoms with E-state index in [0.717, 1.165) is 12.0 Å². The molecule has 0 bridgehead atoms. The van der Waals surface area contributed by atoms with Gasteiger partial charge in [0.15, 0.2) is 0 Å². The van der Waals surface area contributed by atoms with E-state index < -0.39 is 5.97 Å². The number of hydrogen-bond donors (Lipinski definition) is 1. The zero-order valence-corrected chi connectivity index (χ0v) is 10.9. The van der Waals surface area contributed by atoms with Gasteiger partial charge in [0.2, 0.25) is 0 Å². The van der Waals surface area contributed by atoms with Gasteiger partial charge in [0.25, 0.3) is 0 Å². The van der Waals surface area contributed by atoms with Crippen molar-refractivity contribution in [3.63, 3.8) is 0 Å². The minimum absolute atomic E-state index is 0.152. The van der Waals surface area contributed by atoms with E-state index in [-0.39, 0.29) is 11.5 Å². The molecule has 1 heterocycles. The molecule has 4 nitrogen and oxygen atoms in total. The number of aryl methyl sites for hydroxylation is 2. The molecule has 0 unspecified atom stereocenters. The summed E-state index contributed by atoms with van der Waals surface area (Å²) in [6, 6.07) is 6.15. The van der Waals surface area contributed by atoms with Gasteiger partial charge in [-0.2, -0.15) is 5.10 Å². The van der Waals surface area contributed by atoms with Crippen molar-refractivity contribution >= 4 is 5.97 Å². The van der Waals surface area contributed by atoms with Crippen molar-refractivity contribution in [2.24, 2.45) is 0 Å². The maximum absolute atomic E-state index is 13.2. The Morgan fingerprint density at radius 3 is 2.74 bits per heavy atom. The third kappa shape index (κ3) is 2.65. The van der Waals surface area contributed by atoms with E-state index in [4.69, 9.17) is 5.11 Å². The standard InChI is InChI=1S/C14H15FN2O2/c1-3-6-17-13(14(18)19)8-12(16-17)10-4-5-11(15)9(2)7-10/h4-5,7-8H,3,6H2,1-2H3,(H,18,19). The maximum Gasteiger partial charge on any atom is 0.354 e. The normalized spacial score (nSPS) is 10.7. The monoisotopic (exact) mass is 262 g/mol. The van der Waals surface area contributed by atoms with Crippen LogP contribution in [-0.4, -0.2) is 20.9 Å². The Morgan fingerprint density at radius 1 is 1.42 bits per heavy atom. The summed E-state index contributed by atoms with van der Waals surface area (Å²) in [4.78, 5) is 11.1. The van der Waals surface area contributed by atoms with Gasteiger partial charge in [-0.1, -0.05) is 6.92 Å². The van der Waals surface area contributed by atoms with Crippen LogP contribution < -0.4 is 0 Å². The largest absolute Gasteiger partial charge is 0.477 e. The lowest BCUT2D eigenvalue weighted by Gasteiger charge is -2.01. The average Bonchev–Trinajstić information content (AvgIpc) is 2.77. The molecule has 100 valence electrons. The second-order valence-electron chi connectivity index (χ2n) is 4.41. The van der Waals surface area contributed by atoms with E-state index in [1.54, 1.807) is 19.1 Å². The van der Waals surface area contributed by atoms with Gasteiger partial charge in [0, 0.05) is 12.1 Å². The molecule has 0 atom stereocenters. The molecule has 0 spiro atoms. The molecule has 1 N–H and O–H groups in total. The number of aromatic carboxylic acids is 1. The molecule has 1 aromatic heterocycles. The molecule has 0 saturated heterocycles. The van der Waals surface area contributed by atoms with Gasteiger partial charge in [-0.25, -0.2) is 9.18 Å². The first-order valence-electron chi connectivity index (χ1n) is 6.10. The van der Waals surface area contributed by atoms with Gasteiger partial charge < -0.3 is 5.11 Å². The van der Waals surface area contributed by atoms with Crippen LogP contribution in [0.3, 0.4) is 0 Å². The molecule has 0 aliphatic rings. The number of carboxylic acid groups (broad SMARTS) is 1. The number of hydrogen-bond acceptors (Lipinski definition) is 2. The van der Waals surface area contributed by atoms with Gasteiger partial charge in [-0.05, 0) is 43.2 Å². The molecule has 2 rings (SSSR count). The van der Waals surface area contributed by atoms with Gasteiger partial charge in [0.05, 0.1) is 5.69 Å². The second-order valence-corrected chi connectivity index (χ2v) is 4.41. The molecule has 19 heavy (non-hydrogen) atoms. The molecule has 0 aliphatic heterocycles. The van der Waals surface area contributed by atoms with E-state index >= 15 is 0 Å². The fourth-order valence-electron chi connectivity index (χ4n) is 1.92. The summed E-state index contributed by atoms with van der Waals surface area (Å²) in [5, 5.41) is 13.4. The van der Waals surface area contributed by atoms with Crippen LogP contribution in [0.5, 0.6) is 0 Å². The van der Waals surface area contributed by atoms with Gasteiger partial charge >= 0.3 is 5.97 Å². The summed E-state index contributed by atoms with van der Waals surface area (Å²) in [6.07, 6.45) is 0.795. The molecular formula is C14H15FN2O2. The van der Waals surface area contributed by atoms with Crippen LogP contribution in [0, 0.1) is 12.7 Å². The van der Waals surface area contributed by atoms with Crippen LogP contribution in [-0.2, 0) is 6.54 Å². The first kappa shape index (κ1) is 13.3. The Bertz CT molecular complexity index is 620. The lowest BCUT2D eigenvalue weighted by Crippen LogP contribution is -2.09. The van der Waals surface area contributed by atoms with Crippen LogP contribution in [0.25, 0.3) is 11.3 Å². The van der Waals surface area contributed by atoms with Crippen LogP contribution >= 0.6 is 0 Å². The van der Waals surface area contributed by atoms with Crippen LogP contribution in [0.1, 0.15) is 29.4 Å². The zero-order chi connectivity index (χ0) is 14.0. The van der Waals surface area contributed by atoms with Gasteiger partial charge in [0.1, 0.15) is 11.5 Å². The quantitative estimate of drug-likeness (QED) is 0.921. The average molecular weight is 262 g/mol. The molecule has 0 amide bonds. The smallest absolute Gasteiger partial charge is 0.354 e. The Labute approximate surface area is 110 Å². The molecule has 1 aromatic carbocycles. The molecule has 0 fully saturated rings. The van der Waals surface area contributed by atoms with Crippen molar-refractivity contribution in [3.8, 4) is 11.3 Å². The fourth-order valence-corrected chi connectivity index (χ4v) is 1.92. The fraction of sp³-hybridized carbons (Fsp3) is 0.286. The molecule has 0 saturated carbocycles. The third-order valence-electron chi connectivity index (χ3n) is 2.89. The lowest BCUT2D eigenvalue weighted by atomic mass is 10.1. The third-order valence-corrected chi connectivity index (χ3v) is 2.89. The summed E-state index contributed by atoms with van der Waals surface area (Å²) in [6.45, 7) is 4.16. The van der Waals surface area contributed by atoms with Crippen LogP contribution in [0.2, 0.25) is 0 Å². The Balaban J connectivity index is 2.47. The van der Waals surface area contributed by atoms with Crippen LogP contribution in [0.4, 0.5) is 4.39 Å². The van der Waals surface area contributed by atoms with Crippen molar-refractivity contribution in [3.05, 3.63) is 41.3 Å². The summed E-state index contributed by atoms with van der Waals surface area (Å²) >= 11 is 0. The minimum Gasteiger partial charge on any atom is -0.477 e. The molecule has 0 aliphatic carbocycles. The first-order valence-corrected chi connectivity index (χ1v) is 6.10. The predicted molar refractivity (Wildman–Crippen MR) is 69.6 cm³/mol. The number of halogens is 1. The highest BCUT2D eigenvalue weighted by Crippen LogP contribution is 2.22. The lowest BCUT2D eigenvalue weighted by molar-refractivity contribution is 0.0683. The minimum atomic E-state index is -1.01. The maximum atomic E-state index is 13.2. The van der Waals surface area contributed by atoms with Crippen LogP contribution in [0.15, 0.2) is 24.3 Å². The molecule has 0 radical (unpaired) electrons. The number of carboxylic acids is 1. The topological polar surface area (TPSA) is 55.1 Å². The number of benzene rings is 1. The summed E-state index contributed by atoms with van der Waals surface area (Å²) in [5.74, 6) is -1.29. The summed E-state index contributed by atoms with van der Waals surface area (Å²) in [5.41, 5.74) is 1.93. The van der Waals surface area contributed by atoms with E-state index in [9.17, 15) is 9.18 Å². The highest BCUT2D eigenvalue weighted by molar-refractivity contribution is 5.87. The van der Waals surface area contributed by atoms with Crippen molar-refractivity contribution in [2.45, 2.75) is 26.8 Å².